The molecule has 0 aliphatic carbocycles. The molecule has 0 saturated carbocycles. The molecule has 0 amide bonds. The SMILES string of the molecule is CCNC(CC)Cc1nc(CC)ns1. The molecule has 80 valence electrons. The summed E-state index contributed by atoms with van der Waals surface area (Å²) in [6, 6.07) is 0.553. The first-order chi connectivity index (χ1) is 6.80. The van der Waals surface area contributed by atoms with Gasteiger partial charge in [-0.25, -0.2) is 4.98 Å². The molecule has 0 radical (unpaired) electrons. The zero-order valence-corrected chi connectivity index (χ0v) is 10.0. The highest BCUT2D eigenvalue weighted by Crippen LogP contribution is 2.09. The Morgan fingerprint density at radius 3 is 2.64 bits per heavy atom. The molecule has 1 aromatic rings. The molecule has 0 fully saturated rings. The van der Waals surface area contributed by atoms with Crippen molar-refractivity contribution in [2.75, 3.05) is 6.54 Å². The number of nitrogens with one attached hydrogen (secondary N) is 1. The lowest BCUT2D eigenvalue weighted by Gasteiger charge is -2.13. The average molecular weight is 213 g/mol. The lowest BCUT2D eigenvalue weighted by molar-refractivity contribution is 0.509. The van der Waals surface area contributed by atoms with E-state index in [2.05, 4.69) is 35.4 Å². The van der Waals surface area contributed by atoms with Crippen LogP contribution in [-0.4, -0.2) is 21.9 Å². The molecule has 1 heterocycles. The first kappa shape index (κ1) is 11.6. The number of rotatable bonds is 6. The lowest BCUT2D eigenvalue weighted by atomic mass is 10.1. The summed E-state index contributed by atoms with van der Waals surface area (Å²) >= 11 is 1.54. The molecule has 0 aliphatic heterocycles. The fraction of sp³-hybridized carbons (Fsp3) is 0.800. The molecule has 0 aromatic carbocycles. The van der Waals surface area contributed by atoms with Crippen molar-refractivity contribution in [1.82, 2.24) is 14.7 Å². The Kier molecular flexibility index (Phi) is 5.04. The predicted octanol–water partition coefficient (Wildman–Crippen LogP) is 2.03. The van der Waals surface area contributed by atoms with E-state index in [1.54, 1.807) is 11.5 Å². The first-order valence-corrected chi connectivity index (χ1v) is 6.12. The van der Waals surface area contributed by atoms with Gasteiger partial charge in [-0.15, -0.1) is 0 Å². The first-order valence-electron chi connectivity index (χ1n) is 5.34. The number of aryl methyl sites for hydroxylation is 1. The van der Waals surface area contributed by atoms with Crippen molar-refractivity contribution in [2.24, 2.45) is 0 Å². The maximum atomic E-state index is 4.47. The van der Waals surface area contributed by atoms with Crippen molar-refractivity contribution < 1.29 is 0 Å². The van der Waals surface area contributed by atoms with Crippen LogP contribution in [0.4, 0.5) is 0 Å². The van der Waals surface area contributed by atoms with Gasteiger partial charge in [-0.2, -0.15) is 4.37 Å². The molecule has 1 N–H and O–H groups in total. The van der Waals surface area contributed by atoms with E-state index in [1.807, 2.05) is 0 Å². The Balaban J connectivity index is 2.48. The van der Waals surface area contributed by atoms with Crippen LogP contribution < -0.4 is 5.32 Å². The predicted molar refractivity (Wildman–Crippen MR) is 60.7 cm³/mol. The van der Waals surface area contributed by atoms with Crippen LogP contribution in [0.2, 0.25) is 0 Å². The van der Waals surface area contributed by atoms with E-state index in [-0.39, 0.29) is 0 Å². The summed E-state index contributed by atoms with van der Waals surface area (Å²) < 4.78 is 4.28. The van der Waals surface area contributed by atoms with E-state index in [0.29, 0.717) is 6.04 Å². The molecule has 0 aliphatic rings. The van der Waals surface area contributed by atoms with E-state index in [4.69, 9.17) is 0 Å². The second-order valence-corrected chi connectivity index (χ2v) is 4.16. The minimum Gasteiger partial charge on any atom is -0.314 e. The van der Waals surface area contributed by atoms with Crippen LogP contribution in [0.1, 0.15) is 38.0 Å². The van der Waals surface area contributed by atoms with Crippen LogP contribution in [0.5, 0.6) is 0 Å². The number of aromatic nitrogens is 2. The third-order valence-corrected chi connectivity index (χ3v) is 3.00. The van der Waals surface area contributed by atoms with Crippen LogP contribution in [0, 0.1) is 0 Å². The van der Waals surface area contributed by atoms with Gasteiger partial charge in [0.15, 0.2) is 0 Å². The van der Waals surface area contributed by atoms with Crippen LogP contribution in [0.3, 0.4) is 0 Å². The van der Waals surface area contributed by atoms with Crippen molar-refractivity contribution in [2.45, 2.75) is 46.1 Å². The summed E-state index contributed by atoms with van der Waals surface area (Å²) in [5.41, 5.74) is 0. The van der Waals surface area contributed by atoms with Crippen molar-refractivity contribution in [3.63, 3.8) is 0 Å². The van der Waals surface area contributed by atoms with E-state index >= 15 is 0 Å². The van der Waals surface area contributed by atoms with E-state index in [1.165, 1.54) is 0 Å². The van der Waals surface area contributed by atoms with Gasteiger partial charge in [0.2, 0.25) is 0 Å². The molecule has 1 rings (SSSR count). The quantitative estimate of drug-likeness (QED) is 0.785. The Hall–Kier alpha value is -0.480. The van der Waals surface area contributed by atoms with Crippen LogP contribution in [0.15, 0.2) is 0 Å². The van der Waals surface area contributed by atoms with Gasteiger partial charge in [-0.1, -0.05) is 20.8 Å². The molecule has 0 spiro atoms. The lowest BCUT2D eigenvalue weighted by Crippen LogP contribution is -2.30. The minimum absolute atomic E-state index is 0.553. The van der Waals surface area contributed by atoms with Crippen molar-refractivity contribution in [3.05, 3.63) is 10.8 Å². The Morgan fingerprint density at radius 1 is 1.36 bits per heavy atom. The number of nitrogens with zero attached hydrogens (tertiary/aromatic N) is 2. The highest BCUT2D eigenvalue weighted by atomic mass is 32.1. The third kappa shape index (κ3) is 3.35. The molecule has 0 bridgehead atoms. The van der Waals surface area contributed by atoms with Gasteiger partial charge in [0.05, 0.1) is 0 Å². The van der Waals surface area contributed by atoms with Crippen LogP contribution in [0.25, 0.3) is 0 Å². The molecule has 3 nitrogen and oxygen atoms in total. The summed E-state index contributed by atoms with van der Waals surface area (Å²) in [5, 5.41) is 4.61. The van der Waals surface area contributed by atoms with Gasteiger partial charge in [-0.05, 0) is 24.5 Å². The molecule has 14 heavy (non-hydrogen) atoms. The normalized spacial score (nSPS) is 13.1. The number of hydrogen-bond donors (Lipinski definition) is 1. The Labute approximate surface area is 90.1 Å². The minimum atomic E-state index is 0.553. The highest BCUT2D eigenvalue weighted by molar-refractivity contribution is 7.05. The molecular weight excluding hydrogens is 194 g/mol. The molecule has 1 unspecified atom stereocenters. The summed E-state index contributed by atoms with van der Waals surface area (Å²) in [4.78, 5) is 4.47. The molecule has 1 atom stereocenters. The van der Waals surface area contributed by atoms with E-state index < -0.39 is 0 Å². The average Bonchev–Trinajstić information content (AvgIpc) is 2.65. The van der Waals surface area contributed by atoms with Gasteiger partial charge in [0, 0.05) is 18.9 Å². The topological polar surface area (TPSA) is 37.8 Å². The van der Waals surface area contributed by atoms with E-state index in [9.17, 15) is 0 Å². The standard InChI is InChI=1S/C10H19N3S/c1-4-8(11-6-3)7-10-12-9(5-2)13-14-10/h8,11H,4-7H2,1-3H3. The van der Waals surface area contributed by atoms with Gasteiger partial charge in [0.25, 0.3) is 0 Å². The molecule has 4 heteroatoms. The zero-order chi connectivity index (χ0) is 10.4. The van der Waals surface area contributed by atoms with Crippen LogP contribution >= 0.6 is 11.5 Å². The molecule has 1 aromatic heterocycles. The molecule has 0 saturated heterocycles. The maximum Gasteiger partial charge on any atom is 0.142 e. The zero-order valence-electron chi connectivity index (χ0n) is 9.21. The van der Waals surface area contributed by atoms with Crippen molar-refractivity contribution >= 4 is 11.5 Å². The summed E-state index contributed by atoms with van der Waals surface area (Å²) in [6.45, 7) is 7.46. The summed E-state index contributed by atoms with van der Waals surface area (Å²) in [7, 11) is 0. The van der Waals surface area contributed by atoms with Gasteiger partial charge < -0.3 is 5.32 Å². The monoisotopic (exact) mass is 213 g/mol. The fourth-order valence-electron chi connectivity index (χ4n) is 1.38. The van der Waals surface area contributed by atoms with Gasteiger partial charge >= 0.3 is 0 Å². The van der Waals surface area contributed by atoms with Gasteiger partial charge in [0.1, 0.15) is 10.8 Å². The van der Waals surface area contributed by atoms with Crippen molar-refractivity contribution in [1.29, 1.82) is 0 Å². The smallest absolute Gasteiger partial charge is 0.142 e. The second kappa shape index (κ2) is 6.09. The van der Waals surface area contributed by atoms with Crippen LogP contribution in [-0.2, 0) is 12.8 Å². The van der Waals surface area contributed by atoms with Crippen molar-refractivity contribution in [3.8, 4) is 0 Å². The third-order valence-electron chi connectivity index (χ3n) is 2.23. The fourth-order valence-corrected chi connectivity index (χ4v) is 2.18. The Bertz CT molecular complexity index is 260. The number of hydrogen-bond acceptors (Lipinski definition) is 4. The maximum absolute atomic E-state index is 4.47. The highest BCUT2D eigenvalue weighted by Gasteiger charge is 2.09. The largest absolute Gasteiger partial charge is 0.314 e. The molecular formula is C10H19N3S. The summed E-state index contributed by atoms with van der Waals surface area (Å²) in [5.74, 6) is 0.983. The number of likely N-dealkylation sites (N-methyl/N-ethyl adjacent to an activating group) is 1. The summed E-state index contributed by atoms with van der Waals surface area (Å²) in [6.07, 6.45) is 3.10. The second-order valence-electron chi connectivity index (χ2n) is 3.32. The van der Waals surface area contributed by atoms with Gasteiger partial charge in [-0.3, -0.25) is 0 Å². The Morgan fingerprint density at radius 2 is 2.14 bits per heavy atom. The van der Waals surface area contributed by atoms with E-state index in [0.717, 1.165) is 36.6 Å².